The number of aromatic nitrogens is 2. The molecule has 0 unspecified atom stereocenters. The number of rotatable bonds is 7. The van der Waals surface area contributed by atoms with Crippen LogP contribution in [0.5, 0.6) is 0 Å². The van der Waals surface area contributed by atoms with Gasteiger partial charge >= 0.3 is 0 Å². The van der Waals surface area contributed by atoms with E-state index in [1.165, 1.54) is 156 Å². The summed E-state index contributed by atoms with van der Waals surface area (Å²) in [6.45, 7) is 9.33. The lowest BCUT2D eigenvalue weighted by atomic mass is 9.82. The van der Waals surface area contributed by atoms with Gasteiger partial charge in [0.15, 0.2) is 0 Å². The predicted octanol–water partition coefficient (Wildman–Crippen LogP) is 29.8. The number of hydrogen-bond acceptors (Lipinski definition) is 2. The van der Waals surface area contributed by atoms with Crippen molar-refractivity contribution < 1.29 is 0 Å². The van der Waals surface area contributed by atoms with E-state index in [1.54, 1.807) is 0 Å². The summed E-state index contributed by atoms with van der Waals surface area (Å²) in [5, 5.41) is 2.48. The highest BCUT2D eigenvalue weighted by molar-refractivity contribution is 9.10. The number of anilines is 6. The number of H-pyrrole nitrogens is 1. The first kappa shape index (κ1) is 67.1. The SMILES string of the molecule is CC1(C)c2ccccc2-c2ccc(-n3c4c(c5ccccc53)-c3ccccc3N(c3cc(-c5ccccc5)cc(-c5ccccc5)c3)c3ccccc3-4)cc21.CC1(C)c2ccccc2-c2ccc(Br)cc21.c1ccc(-c2cc(-c3ccccc3)cc(N3c4ccccc4-c4[nH]c5ccccc5c4-c4ccccc43)c2)cc1. The third-order valence-electron chi connectivity index (χ3n) is 23.4. The van der Waals surface area contributed by atoms with E-state index in [0.29, 0.717) is 0 Å². The smallest absolute Gasteiger partial charge is 0.0641 e. The van der Waals surface area contributed by atoms with Crippen molar-refractivity contribution in [3.8, 4) is 117 Å². The van der Waals surface area contributed by atoms with Gasteiger partial charge in [-0.25, -0.2) is 0 Å². The van der Waals surface area contributed by atoms with Crippen molar-refractivity contribution in [3.05, 3.63) is 415 Å². The van der Waals surface area contributed by atoms with Gasteiger partial charge in [-0.05, 0) is 186 Å². The fraction of sp³-hybridized carbons (Fsp3) is 0.0566. The molecule has 16 aromatic carbocycles. The van der Waals surface area contributed by atoms with E-state index in [1.807, 2.05) is 0 Å². The van der Waals surface area contributed by atoms with Crippen LogP contribution in [0, 0.1) is 0 Å². The highest BCUT2D eigenvalue weighted by Crippen LogP contribution is 2.58. The molecule has 4 aliphatic rings. The number of para-hydroxylation sites is 6. The fourth-order valence-electron chi connectivity index (χ4n) is 18.2. The molecule has 2 aromatic heterocycles. The molecule has 0 saturated carbocycles. The van der Waals surface area contributed by atoms with Gasteiger partial charge in [-0.1, -0.05) is 335 Å². The Balaban J connectivity index is 0.000000125. The van der Waals surface area contributed by atoms with Crippen LogP contribution in [0.3, 0.4) is 0 Å². The maximum Gasteiger partial charge on any atom is 0.0641 e. The fourth-order valence-corrected chi connectivity index (χ4v) is 18.5. The van der Waals surface area contributed by atoms with Gasteiger partial charge in [-0.3, -0.25) is 0 Å². The Hall–Kier alpha value is -13.3. The molecule has 111 heavy (non-hydrogen) atoms. The maximum absolute atomic E-state index is 3.77. The van der Waals surface area contributed by atoms with E-state index in [9.17, 15) is 0 Å². The Morgan fingerprint density at radius 1 is 0.252 bits per heavy atom. The molecular formula is C106H77BrN4. The van der Waals surface area contributed by atoms with Crippen molar-refractivity contribution in [3.63, 3.8) is 0 Å². The third-order valence-corrected chi connectivity index (χ3v) is 23.9. The molecule has 0 amide bonds. The van der Waals surface area contributed by atoms with Crippen molar-refractivity contribution in [2.75, 3.05) is 9.80 Å². The molecule has 22 rings (SSSR count). The lowest BCUT2D eigenvalue weighted by Crippen LogP contribution is -2.15. The minimum atomic E-state index is -0.108. The first-order chi connectivity index (χ1) is 54.5. The number of aromatic amines is 1. The largest absolute Gasteiger partial charge is 0.354 e. The number of fused-ring (bicyclic) bond motifs is 20. The minimum Gasteiger partial charge on any atom is -0.354 e. The zero-order valence-electron chi connectivity index (χ0n) is 62.2. The van der Waals surface area contributed by atoms with Gasteiger partial charge in [0.25, 0.3) is 0 Å². The molecule has 0 spiro atoms. The van der Waals surface area contributed by atoms with Crippen molar-refractivity contribution >= 4 is 71.9 Å². The molecule has 4 heterocycles. The van der Waals surface area contributed by atoms with Crippen molar-refractivity contribution in [2.24, 2.45) is 0 Å². The molecule has 0 bridgehead atoms. The van der Waals surface area contributed by atoms with Crippen molar-refractivity contribution in [1.82, 2.24) is 9.55 Å². The van der Waals surface area contributed by atoms with E-state index < -0.39 is 0 Å². The van der Waals surface area contributed by atoms with E-state index in [0.717, 1.165) is 44.1 Å². The molecule has 0 saturated heterocycles. The van der Waals surface area contributed by atoms with Crippen molar-refractivity contribution in [1.29, 1.82) is 0 Å². The molecule has 528 valence electrons. The number of nitrogens with one attached hydrogen (secondary N) is 1. The Morgan fingerprint density at radius 2 is 0.613 bits per heavy atom. The van der Waals surface area contributed by atoms with Crippen LogP contribution in [-0.4, -0.2) is 9.55 Å². The lowest BCUT2D eigenvalue weighted by Gasteiger charge is -2.28. The molecule has 5 heteroatoms. The summed E-state index contributed by atoms with van der Waals surface area (Å²) < 4.78 is 3.69. The molecular weight excluding hydrogens is 1410 g/mol. The van der Waals surface area contributed by atoms with Crippen LogP contribution in [0.4, 0.5) is 34.1 Å². The summed E-state index contributed by atoms with van der Waals surface area (Å²) in [7, 11) is 0. The van der Waals surface area contributed by atoms with Gasteiger partial charge in [-0.15, -0.1) is 0 Å². The van der Waals surface area contributed by atoms with Gasteiger partial charge in [-0.2, -0.15) is 0 Å². The lowest BCUT2D eigenvalue weighted by molar-refractivity contribution is 0.660. The molecule has 18 aromatic rings. The standard InChI is InChI=1S/C53H38N2.C38H26N2.C15H13Br/c1-53(2)46-25-13-9-21-41(46)42-30-29-39(34-47(42)53)55-49-27-15-11-23-44(49)51-43-22-10-14-26-48(43)54(50-28-16-12-24-45(50)52(51)55)40-32-37(35-17-5-3-6-18-35)31-38(33-40)36-19-7-4-8-20-36;1-3-13-26(14-4-1)28-23-29(27-15-5-2-6-16-27)25-30(24-28)40-35-21-11-8-18-32(35)37-31-17-7-10-20-34(31)39-38(37)33-19-9-12-22-36(33)40;1-15(2)13-6-4-3-5-11(13)12-8-7-10(16)9-14(12)15/h3-34H,1-2H3;1-25,39H;3-9H,1-2H3. The molecule has 0 atom stereocenters. The summed E-state index contributed by atoms with van der Waals surface area (Å²) in [4.78, 5) is 8.70. The van der Waals surface area contributed by atoms with E-state index in [2.05, 4.69) is 451 Å². The van der Waals surface area contributed by atoms with Crippen molar-refractivity contribution in [2.45, 2.75) is 38.5 Å². The van der Waals surface area contributed by atoms with E-state index in [-0.39, 0.29) is 10.8 Å². The zero-order valence-corrected chi connectivity index (χ0v) is 63.8. The van der Waals surface area contributed by atoms with Crippen LogP contribution < -0.4 is 9.80 Å². The second kappa shape index (κ2) is 27.1. The molecule has 2 aliphatic carbocycles. The van der Waals surface area contributed by atoms with Gasteiger partial charge in [0.05, 0.1) is 39.7 Å². The molecule has 4 nitrogen and oxygen atoms in total. The van der Waals surface area contributed by atoms with Gasteiger partial charge in [0.2, 0.25) is 0 Å². The number of hydrogen-bond donors (Lipinski definition) is 1. The summed E-state index contributed by atoms with van der Waals surface area (Å²) in [5.41, 5.74) is 40.7. The Labute approximate surface area is 657 Å². The molecule has 1 N–H and O–H groups in total. The average Bonchev–Trinajstić information content (AvgIpc) is 1.56. The first-order valence-corrected chi connectivity index (χ1v) is 39.2. The Morgan fingerprint density at radius 3 is 1.12 bits per heavy atom. The maximum atomic E-state index is 3.77. The molecule has 0 radical (unpaired) electrons. The van der Waals surface area contributed by atoms with Crippen LogP contribution >= 0.6 is 15.9 Å². The number of benzene rings is 16. The number of halogens is 1. The van der Waals surface area contributed by atoms with Crippen LogP contribution in [0.15, 0.2) is 393 Å². The quantitative estimate of drug-likeness (QED) is 0.172. The second-order valence-corrected chi connectivity index (χ2v) is 31.4. The minimum absolute atomic E-state index is 0.108. The molecule has 0 fully saturated rings. The normalized spacial score (nSPS) is 13.2. The monoisotopic (exact) mass is 1480 g/mol. The van der Waals surface area contributed by atoms with Crippen LogP contribution in [0.2, 0.25) is 0 Å². The second-order valence-electron chi connectivity index (χ2n) is 30.5. The van der Waals surface area contributed by atoms with Gasteiger partial charge < -0.3 is 19.4 Å². The zero-order chi connectivity index (χ0) is 74.5. The topological polar surface area (TPSA) is 27.2 Å². The first-order valence-electron chi connectivity index (χ1n) is 38.4. The average molecular weight is 1490 g/mol. The Bertz CT molecular complexity index is 6550. The van der Waals surface area contributed by atoms with Gasteiger partial charge in [0.1, 0.15) is 0 Å². The van der Waals surface area contributed by atoms with Gasteiger partial charge in [0, 0.05) is 82.0 Å². The Kier molecular flexibility index (Phi) is 16.4. The number of nitrogens with zero attached hydrogens (tertiary/aromatic N) is 3. The summed E-state index contributed by atoms with van der Waals surface area (Å²) in [5.74, 6) is 0. The summed E-state index contributed by atoms with van der Waals surface area (Å²) in [6, 6.07) is 141. The molecule has 2 aliphatic heterocycles. The summed E-state index contributed by atoms with van der Waals surface area (Å²) in [6.07, 6.45) is 0. The van der Waals surface area contributed by atoms with Crippen LogP contribution in [0.1, 0.15) is 49.9 Å². The van der Waals surface area contributed by atoms with Crippen LogP contribution in [0.25, 0.3) is 139 Å². The predicted molar refractivity (Wildman–Crippen MR) is 471 cm³/mol. The van der Waals surface area contributed by atoms with E-state index >= 15 is 0 Å². The van der Waals surface area contributed by atoms with Crippen LogP contribution in [-0.2, 0) is 10.8 Å². The summed E-state index contributed by atoms with van der Waals surface area (Å²) >= 11 is 3.56. The third kappa shape index (κ3) is 11.3. The van der Waals surface area contributed by atoms with E-state index in [4.69, 9.17) is 0 Å². The highest BCUT2D eigenvalue weighted by Gasteiger charge is 2.39. The highest BCUT2D eigenvalue weighted by atomic mass is 79.9.